The van der Waals surface area contributed by atoms with Crippen LogP contribution in [0.3, 0.4) is 0 Å². The van der Waals surface area contributed by atoms with Gasteiger partial charge in [-0.05, 0) is 0 Å². The van der Waals surface area contributed by atoms with Crippen LogP contribution in [-0.4, -0.2) is 40.9 Å². The molecule has 2 N–H and O–H groups in total. The number of imidazole rings is 1. The number of carbonyl (C=O) groups is 1. The third-order valence-corrected chi connectivity index (χ3v) is 1.87. The van der Waals surface area contributed by atoms with Crippen molar-refractivity contribution in [3.05, 3.63) is 18.2 Å². The topological polar surface area (TPSA) is 61.0 Å². The minimum absolute atomic E-state index is 0.0124. The summed E-state index contributed by atoms with van der Waals surface area (Å²) >= 11 is 0. The quantitative estimate of drug-likeness (QED) is 0.508. The van der Waals surface area contributed by atoms with Gasteiger partial charge in [-0.3, -0.25) is 10.1 Å². The van der Waals surface area contributed by atoms with Crippen molar-refractivity contribution in [3.63, 3.8) is 0 Å². The number of nitrogens with zero attached hydrogens (tertiary/aromatic N) is 2. The highest BCUT2D eigenvalue weighted by Crippen LogP contribution is 1.95. The molecular weight excluding hydrogens is 192 g/mol. The zero-order valence-electron chi connectivity index (χ0n) is 8.66. The maximum Gasteiger partial charge on any atom is 0.236 e. The van der Waals surface area contributed by atoms with Gasteiger partial charge in [-0.25, -0.2) is 4.98 Å². The van der Waals surface area contributed by atoms with Gasteiger partial charge in [-0.1, -0.05) is 5.92 Å². The molecule has 0 aromatic carbocycles. The summed E-state index contributed by atoms with van der Waals surface area (Å²) in [4.78, 5) is 20.0. The predicted octanol–water partition coefficient (Wildman–Crippen LogP) is -0.409. The van der Waals surface area contributed by atoms with Gasteiger partial charge in [0.15, 0.2) is 0 Å². The number of hydrogen-bond donors (Lipinski definition) is 2. The van der Waals surface area contributed by atoms with Crippen molar-refractivity contribution < 1.29 is 4.79 Å². The van der Waals surface area contributed by atoms with Crippen LogP contribution >= 0.6 is 0 Å². The van der Waals surface area contributed by atoms with E-state index in [2.05, 4.69) is 21.2 Å². The normalized spacial score (nSPS) is 9.60. The number of terminal acetylenes is 1. The average Bonchev–Trinajstić information content (AvgIpc) is 2.70. The number of likely N-dealkylation sites (N-methyl/N-ethyl adjacent to an activating group) is 1. The van der Waals surface area contributed by atoms with Crippen LogP contribution in [0.4, 0.5) is 0 Å². The van der Waals surface area contributed by atoms with Gasteiger partial charge >= 0.3 is 0 Å². The molecule has 0 unspecified atom stereocenters. The van der Waals surface area contributed by atoms with Gasteiger partial charge in [-0.15, -0.1) is 6.42 Å². The molecule has 1 aromatic rings. The van der Waals surface area contributed by atoms with Crippen LogP contribution < -0.4 is 5.32 Å². The minimum Gasteiger partial charge on any atom is -0.347 e. The Morgan fingerprint density at radius 3 is 3.20 bits per heavy atom. The smallest absolute Gasteiger partial charge is 0.236 e. The van der Waals surface area contributed by atoms with E-state index in [1.807, 2.05) is 0 Å². The molecule has 1 aromatic heterocycles. The Bertz CT molecular complexity index is 339. The largest absolute Gasteiger partial charge is 0.347 e. The lowest BCUT2D eigenvalue weighted by molar-refractivity contribution is -0.129. The molecule has 0 aliphatic rings. The predicted molar refractivity (Wildman–Crippen MR) is 56.8 cm³/mol. The summed E-state index contributed by atoms with van der Waals surface area (Å²) in [7, 11) is 1.72. The summed E-state index contributed by atoms with van der Waals surface area (Å²) < 4.78 is 0. The molecule has 0 atom stereocenters. The monoisotopic (exact) mass is 206 g/mol. The molecule has 1 rings (SSSR count). The molecule has 0 saturated heterocycles. The third-order valence-electron chi connectivity index (χ3n) is 1.87. The van der Waals surface area contributed by atoms with Crippen molar-refractivity contribution in [1.82, 2.24) is 20.2 Å². The number of amides is 1. The molecule has 0 radical (unpaired) electrons. The fourth-order valence-corrected chi connectivity index (χ4v) is 1.07. The van der Waals surface area contributed by atoms with Crippen LogP contribution in [0, 0.1) is 12.3 Å². The van der Waals surface area contributed by atoms with Gasteiger partial charge in [0.05, 0.1) is 19.6 Å². The second kappa shape index (κ2) is 5.83. The number of aromatic nitrogens is 2. The zero-order valence-corrected chi connectivity index (χ0v) is 8.66. The number of hydrogen-bond acceptors (Lipinski definition) is 3. The third kappa shape index (κ3) is 3.83. The minimum atomic E-state index is -0.0124. The Hall–Kier alpha value is -1.80. The number of aromatic amines is 1. The van der Waals surface area contributed by atoms with Crippen molar-refractivity contribution in [2.45, 2.75) is 6.54 Å². The van der Waals surface area contributed by atoms with E-state index in [1.54, 1.807) is 24.3 Å². The molecule has 1 heterocycles. The summed E-state index contributed by atoms with van der Waals surface area (Å²) in [5, 5.41) is 2.84. The van der Waals surface area contributed by atoms with Gasteiger partial charge in [0.2, 0.25) is 5.91 Å². The summed E-state index contributed by atoms with van der Waals surface area (Å²) in [6.07, 6.45) is 8.43. The van der Waals surface area contributed by atoms with Gasteiger partial charge in [-0.2, -0.15) is 0 Å². The van der Waals surface area contributed by atoms with Gasteiger partial charge < -0.3 is 9.88 Å². The summed E-state index contributed by atoms with van der Waals surface area (Å²) in [6.45, 7) is 1.13. The van der Waals surface area contributed by atoms with Crippen LogP contribution in [-0.2, 0) is 11.3 Å². The van der Waals surface area contributed by atoms with Crippen molar-refractivity contribution in [1.29, 1.82) is 0 Å². The molecule has 0 spiro atoms. The van der Waals surface area contributed by atoms with E-state index in [0.29, 0.717) is 13.1 Å². The van der Waals surface area contributed by atoms with Gasteiger partial charge in [0.25, 0.3) is 0 Å². The van der Waals surface area contributed by atoms with Gasteiger partial charge in [0, 0.05) is 19.4 Å². The highest BCUT2D eigenvalue weighted by Gasteiger charge is 2.08. The van der Waals surface area contributed by atoms with Crippen LogP contribution in [0.15, 0.2) is 12.4 Å². The van der Waals surface area contributed by atoms with Crippen LogP contribution in [0.2, 0.25) is 0 Å². The van der Waals surface area contributed by atoms with Crippen LogP contribution in [0.25, 0.3) is 0 Å². The lowest BCUT2D eigenvalue weighted by Gasteiger charge is -2.15. The Labute approximate surface area is 88.9 Å². The molecule has 80 valence electrons. The number of rotatable bonds is 5. The molecule has 5 heteroatoms. The SMILES string of the molecule is C#CCNCC(=O)N(C)Cc1ncc[nH]1. The maximum absolute atomic E-state index is 11.5. The average molecular weight is 206 g/mol. The lowest BCUT2D eigenvalue weighted by Crippen LogP contribution is -2.35. The van der Waals surface area contributed by atoms with Crippen molar-refractivity contribution in [2.24, 2.45) is 0 Å². The Balaban J connectivity index is 2.31. The number of H-pyrrole nitrogens is 1. The molecule has 5 nitrogen and oxygen atoms in total. The molecule has 15 heavy (non-hydrogen) atoms. The highest BCUT2D eigenvalue weighted by molar-refractivity contribution is 5.77. The summed E-state index contributed by atoms with van der Waals surface area (Å²) in [6, 6.07) is 0. The second-order valence-electron chi connectivity index (χ2n) is 3.09. The molecule has 0 bridgehead atoms. The second-order valence-corrected chi connectivity index (χ2v) is 3.09. The van der Waals surface area contributed by atoms with E-state index in [-0.39, 0.29) is 12.5 Å². The van der Waals surface area contributed by atoms with Gasteiger partial charge in [0.1, 0.15) is 5.82 Å². The van der Waals surface area contributed by atoms with Crippen molar-refractivity contribution in [2.75, 3.05) is 20.1 Å². The molecule has 0 aliphatic heterocycles. The number of carbonyl (C=O) groups excluding carboxylic acids is 1. The lowest BCUT2D eigenvalue weighted by atomic mass is 10.4. The Kier molecular flexibility index (Phi) is 4.38. The zero-order chi connectivity index (χ0) is 11.1. The fraction of sp³-hybridized carbons (Fsp3) is 0.400. The number of nitrogens with one attached hydrogen (secondary N) is 2. The summed E-state index contributed by atoms with van der Waals surface area (Å²) in [5.74, 6) is 3.16. The first-order valence-electron chi connectivity index (χ1n) is 4.60. The van der Waals surface area contributed by atoms with E-state index >= 15 is 0 Å². The Morgan fingerprint density at radius 2 is 2.60 bits per heavy atom. The van der Waals surface area contributed by atoms with Crippen LogP contribution in [0.5, 0.6) is 0 Å². The van der Waals surface area contributed by atoms with Crippen molar-refractivity contribution in [3.8, 4) is 12.3 Å². The van der Waals surface area contributed by atoms with Crippen LogP contribution in [0.1, 0.15) is 5.82 Å². The first-order valence-corrected chi connectivity index (χ1v) is 4.60. The molecule has 0 fully saturated rings. The maximum atomic E-state index is 11.5. The van der Waals surface area contributed by atoms with E-state index in [9.17, 15) is 4.79 Å². The molecular formula is C10H14N4O. The van der Waals surface area contributed by atoms with E-state index < -0.39 is 0 Å². The first-order chi connectivity index (χ1) is 7.24. The molecule has 1 amide bonds. The van der Waals surface area contributed by atoms with E-state index in [1.165, 1.54) is 0 Å². The molecule has 0 saturated carbocycles. The van der Waals surface area contributed by atoms with E-state index in [0.717, 1.165) is 5.82 Å². The summed E-state index contributed by atoms with van der Waals surface area (Å²) in [5.41, 5.74) is 0. The highest BCUT2D eigenvalue weighted by atomic mass is 16.2. The van der Waals surface area contributed by atoms with E-state index in [4.69, 9.17) is 6.42 Å². The fourth-order valence-electron chi connectivity index (χ4n) is 1.07. The van der Waals surface area contributed by atoms with Crippen molar-refractivity contribution >= 4 is 5.91 Å². The standard InChI is InChI=1S/C10H14N4O/c1-3-4-11-7-10(15)14(2)8-9-12-5-6-13-9/h1,5-6,11H,4,7-8H2,2H3,(H,12,13). The Morgan fingerprint density at radius 1 is 1.80 bits per heavy atom. The molecule has 0 aliphatic carbocycles. The first kappa shape index (κ1) is 11.3.